The molecule has 0 heterocycles. The molecule has 4 nitrogen and oxygen atoms in total. The van der Waals surface area contributed by atoms with Gasteiger partial charge in [0.2, 0.25) is 0 Å². The van der Waals surface area contributed by atoms with Crippen LogP contribution in [-0.2, 0) is 0 Å². The highest BCUT2D eigenvalue weighted by molar-refractivity contribution is 5.98. The van der Waals surface area contributed by atoms with E-state index in [1.165, 1.54) is 12.1 Å². The third-order valence-corrected chi connectivity index (χ3v) is 2.20. The molecule has 1 aliphatic carbocycles. The van der Waals surface area contributed by atoms with Crippen LogP contribution < -0.4 is 0 Å². The summed E-state index contributed by atoms with van der Waals surface area (Å²) in [5.74, 6) is 0. The van der Waals surface area contributed by atoms with E-state index in [4.69, 9.17) is 0 Å². The van der Waals surface area contributed by atoms with Crippen molar-refractivity contribution in [1.82, 2.24) is 0 Å². The number of benzene rings is 1. The van der Waals surface area contributed by atoms with Gasteiger partial charge in [-0.3, -0.25) is 15.1 Å². The summed E-state index contributed by atoms with van der Waals surface area (Å²) < 4.78 is 0. The quantitative estimate of drug-likeness (QED) is 0.560. The van der Waals surface area contributed by atoms with Crippen molar-refractivity contribution in [2.45, 2.75) is 6.42 Å². The second kappa shape index (κ2) is 4.53. The Bertz CT molecular complexity index is 484. The Labute approximate surface area is 92.8 Å². The average molecular weight is 214 g/mol. The van der Waals surface area contributed by atoms with Gasteiger partial charge in [-0.05, 0) is 18.2 Å². The fourth-order valence-corrected chi connectivity index (χ4v) is 1.40. The van der Waals surface area contributed by atoms with Crippen molar-refractivity contribution < 1.29 is 4.92 Å². The minimum absolute atomic E-state index is 0.0861. The second-order valence-corrected chi connectivity index (χ2v) is 3.37. The molecule has 0 aliphatic heterocycles. The van der Waals surface area contributed by atoms with Crippen LogP contribution in [0.3, 0.4) is 0 Å². The predicted octanol–water partition coefficient (Wildman–Crippen LogP) is 3.18. The Kier molecular flexibility index (Phi) is 2.91. The number of nitro benzene ring substituents is 1. The number of nitrogens with zero attached hydrogens (tertiary/aromatic N) is 2. The van der Waals surface area contributed by atoms with Gasteiger partial charge in [0.15, 0.2) is 0 Å². The van der Waals surface area contributed by atoms with E-state index >= 15 is 0 Å². The maximum Gasteiger partial charge on any atom is 0.269 e. The second-order valence-electron chi connectivity index (χ2n) is 3.37. The summed E-state index contributed by atoms with van der Waals surface area (Å²) in [7, 11) is 0. The first-order valence-electron chi connectivity index (χ1n) is 4.91. The van der Waals surface area contributed by atoms with Crippen molar-refractivity contribution in [2.75, 3.05) is 0 Å². The van der Waals surface area contributed by atoms with Crippen molar-refractivity contribution in [3.63, 3.8) is 0 Å². The van der Waals surface area contributed by atoms with Crippen LogP contribution in [0.1, 0.15) is 6.42 Å². The smallest absolute Gasteiger partial charge is 0.258 e. The largest absolute Gasteiger partial charge is 0.269 e. The standard InChI is InChI=1S/C12H10N2O2/c15-14(16)12-8-6-11(7-9-12)13-10-4-2-1-3-5-10/h1-4,6-9H,5H2. The average Bonchev–Trinajstić information content (AvgIpc) is 2.31. The Balaban J connectivity index is 2.19. The van der Waals surface area contributed by atoms with Crippen LogP contribution in [0.25, 0.3) is 0 Å². The molecule has 0 radical (unpaired) electrons. The lowest BCUT2D eigenvalue weighted by atomic mass is 10.1. The number of rotatable bonds is 2. The van der Waals surface area contributed by atoms with Gasteiger partial charge in [0.25, 0.3) is 5.69 Å². The van der Waals surface area contributed by atoms with Gasteiger partial charge in [0.05, 0.1) is 10.6 Å². The number of hydrogen-bond acceptors (Lipinski definition) is 3. The Morgan fingerprint density at radius 1 is 1.19 bits per heavy atom. The van der Waals surface area contributed by atoms with Crippen LogP contribution in [0, 0.1) is 10.1 Å². The minimum Gasteiger partial charge on any atom is -0.258 e. The summed E-state index contributed by atoms with van der Waals surface area (Å²) in [6.07, 6.45) is 8.64. The maximum absolute atomic E-state index is 10.5. The lowest BCUT2D eigenvalue weighted by Crippen LogP contribution is -1.93. The van der Waals surface area contributed by atoms with Gasteiger partial charge in [0.1, 0.15) is 0 Å². The third-order valence-electron chi connectivity index (χ3n) is 2.20. The number of aliphatic imine (C=N–C) groups is 1. The molecule has 0 N–H and O–H groups in total. The molecule has 4 heteroatoms. The molecule has 0 spiro atoms. The highest BCUT2D eigenvalue weighted by Crippen LogP contribution is 2.19. The van der Waals surface area contributed by atoms with Crippen molar-refractivity contribution in [2.24, 2.45) is 4.99 Å². The monoisotopic (exact) mass is 214 g/mol. The molecule has 80 valence electrons. The summed E-state index contributed by atoms with van der Waals surface area (Å²) in [4.78, 5) is 14.4. The maximum atomic E-state index is 10.5. The van der Waals surface area contributed by atoms with Crippen LogP contribution in [0.2, 0.25) is 0 Å². The molecular formula is C12H10N2O2. The molecule has 1 aliphatic rings. The van der Waals surface area contributed by atoms with Crippen LogP contribution in [-0.4, -0.2) is 10.6 Å². The molecule has 0 saturated heterocycles. The predicted molar refractivity (Wildman–Crippen MR) is 63.1 cm³/mol. The Morgan fingerprint density at radius 3 is 2.50 bits per heavy atom. The Hall–Kier alpha value is -2.23. The van der Waals surface area contributed by atoms with Crippen molar-refractivity contribution in [1.29, 1.82) is 0 Å². The van der Waals surface area contributed by atoms with E-state index in [1.807, 2.05) is 24.3 Å². The van der Waals surface area contributed by atoms with Gasteiger partial charge in [-0.15, -0.1) is 0 Å². The summed E-state index contributed by atoms with van der Waals surface area (Å²) in [6, 6.07) is 6.22. The SMILES string of the molecule is O=[N+]([O-])c1ccc(N=C2C=CC=CC2)cc1. The fourth-order valence-electron chi connectivity index (χ4n) is 1.40. The first-order valence-corrected chi connectivity index (χ1v) is 4.91. The van der Waals surface area contributed by atoms with Gasteiger partial charge < -0.3 is 0 Å². The Morgan fingerprint density at radius 2 is 1.94 bits per heavy atom. The molecule has 1 aromatic rings. The van der Waals surface area contributed by atoms with Gasteiger partial charge >= 0.3 is 0 Å². The van der Waals surface area contributed by atoms with E-state index in [1.54, 1.807) is 12.1 Å². The summed E-state index contributed by atoms with van der Waals surface area (Å²) >= 11 is 0. The fraction of sp³-hybridized carbons (Fsp3) is 0.0833. The highest BCUT2D eigenvalue weighted by atomic mass is 16.6. The zero-order valence-corrected chi connectivity index (χ0v) is 8.54. The van der Waals surface area contributed by atoms with Crippen LogP contribution in [0.5, 0.6) is 0 Å². The zero-order valence-electron chi connectivity index (χ0n) is 8.54. The molecule has 0 fully saturated rings. The zero-order chi connectivity index (χ0) is 11.4. The van der Waals surface area contributed by atoms with Crippen LogP contribution in [0.4, 0.5) is 11.4 Å². The molecule has 16 heavy (non-hydrogen) atoms. The molecule has 2 rings (SSSR count). The molecule has 1 aromatic carbocycles. The number of allylic oxidation sites excluding steroid dienone is 4. The van der Waals surface area contributed by atoms with E-state index in [9.17, 15) is 10.1 Å². The topological polar surface area (TPSA) is 55.5 Å². The van der Waals surface area contributed by atoms with Crippen molar-refractivity contribution in [3.8, 4) is 0 Å². The summed E-state index contributed by atoms with van der Waals surface area (Å²) in [5, 5.41) is 10.5. The lowest BCUT2D eigenvalue weighted by molar-refractivity contribution is -0.384. The number of nitro groups is 1. The summed E-state index contributed by atoms with van der Waals surface area (Å²) in [6.45, 7) is 0. The normalized spacial score (nSPS) is 16.6. The van der Waals surface area contributed by atoms with E-state index in [2.05, 4.69) is 4.99 Å². The van der Waals surface area contributed by atoms with Crippen molar-refractivity contribution in [3.05, 3.63) is 58.7 Å². The molecular weight excluding hydrogens is 204 g/mol. The molecule has 0 unspecified atom stereocenters. The number of hydrogen-bond donors (Lipinski definition) is 0. The van der Waals surface area contributed by atoms with Gasteiger partial charge in [-0.25, -0.2) is 0 Å². The minimum atomic E-state index is -0.416. The lowest BCUT2D eigenvalue weighted by Gasteiger charge is -2.01. The number of non-ortho nitro benzene ring substituents is 1. The molecule has 0 saturated carbocycles. The van der Waals surface area contributed by atoms with E-state index in [-0.39, 0.29) is 5.69 Å². The highest BCUT2D eigenvalue weighted by Gasteiger charge is 2.03. The van der Waals surface area contributed by atoms with Gasteiger partial charge in [-0.2, -0.15) is 0 Å². The first-order chi connectivity index (χ1) is 7.75. The molecule has 0 atom stereocenters. The van der Waals surface area contributed by atoms with E-state index in [0.717, 1.165) is 17.8 Å². The van der Waals surface area contributed by atoms with Crippen molar-refractivity contribution >= 4 is 17.1 Å². The first kappa shape index (κ1) is 10.3. The molecule has 0 bridgehead atoms. The summed E-state index contributed by atoms with van der Waals surface area (Å²) in [5.41, 5.74) is 1.78. The third kappa shape index (κ3) is 2.42. The van der Waals surface area contributed by atoms with E-state index < -0.39 is 4.92 Å². The van der Waals surface area contributed by atoms with Gasteiger partial charge in [-0.1, -0.05) is 18.2 Å². The van der Waals surface area contributed by atoms with Gasteiger partial charge in [0, 0.05) is 24.3 Å². The molecule has 0 amide bonds. The van der Waals surface area contributed by atoms with Crippen LogP contribution >= 0.6 is 0 Å². The molecule has 0 aromatic heterocycles. The van der Waals surface area contributed by atoms with E-state index in [0.29, 0.717) is 0 Å². The van der Waals surface area contributed by atoms with Crippen LogP contribution in [0.15, 0.2) is 53.6 Å².